The van der Waals surface area contributed by atoms with Crippen LogP contribution >= 0.6 is 0 Å². The number of nitrogens with zero attached hydrogens (tertiary/aromatic N) is 1. The number of hydrogen-bond donors (Lipinski definition) is 1. The SMILES string of the molecule is CCCN(CC1CCCCN1)C(=O)c1cccc(C)c1F. The first-order valence-corrected chi connectivity index (χ1v) is 7.91. The number of aryl methyl sites for hydroxylation is 1. The lowest BCUT2D eigenvalue weighted by Gasteiger charge is -2.30. The van der Waals surface area contributed by atoms with Crippen molar-refractivity contribution < 1.29 is 9.18 Å². The molecule has 0 saturated carbocycles. The maximum atomic E-state index is 14.2. The van der Waals surface area contributed by atoms with E-state index < -0.39 is 0 Å². The summed E-state index contributed by atoms with van der Waals surface area (Å²) in [4.78, 5) is 14.4. The molecule has 3 nitrogen and oxygen atoms in total. The minimum Gasteiger partial charge on any atom is -0.337 e. The molecular weight excluding hydrogens is 267 g/mol. The number of piperidine rings is 1. The van der Waals surface area contributed by atoms with Gasteiger partial charge in [-0.25, -0.2) is 4.39 Å². The van der Waals surface area contributed by atoms with Crippen LogP contribution in [-0.4, -0.2) is 36.5 Å². The molecule has 4 heteroatoms. The van der Waals surface area contributed by atoms with Crippen molar-refractivity contribution in [2.75, 3.05) is 19.6 Å². The van der Waals surface area contributed by atoms with Gasteiger partial charge in [0.15, 0.2) is 0 Å². The third-order valence-electron chi connectivity index (χ3n) is 4.06. The number of benzene rings is 1. The molecule has 1 fully saturated rings. The lowest BCUT2D eigenvalue weighted by Crippen LogP contribution is -2.46. The van der Waals surface area contributed by atoms with Gasteiger partial charge < -0.3 is 10.2 Å². The van der Waals surface area contributed by atoms with E-state index in [9.17, 15) is 9.18 Å². The fourth-order valence-corrected chi connectivity index (χ4v) is 2.87. The summed E-state index contributed by atoms with van der Waals surface area (Å²) in [7, 11) is 0. The Hall–Kier alpha value is -1.42. The second-order valence-corrected chi connectivity index (χ2v) is 5.83. The highest BCUT2D eigenvalue weighted by Crippen LogP contribution is 2.16. The van der Waals surface area contributed by atoms with Gasteiger partial charge in [-0.2, -0.15) is 0 Å². The summed E-state index contributed by atoms with van der Waals surface area (Å²) in [6, 6.07) is 5.36. The number of hydrogen-bond acceptors (Lipinski definition) is 2. The Morgan fingerprint density at radius 1 is 1.43 bits per heavy atom. The molecule has 1 atom stereocenters. The van der Waals surface area contributed by atoms with Gasteiger partial charge in [0.05, 0.1) is 5.56 Å². The van der Waals surface area contributed by atoms with E-state index in [0.717, 1.165) is 19.4 Å². The van der Waals surface area contributed by atoms with E-state index in [2.05, 4.69) is 5.32 Å². The molecule has 1 unspecified atom stereocenters. The van der Waals surface area contributed by atoms with E-state index in [4.69, 9.17) is 0 Å². The molecule has 2 rings (SSSR count). The van der Waals surface area contributed by atoms with Crippen molar-refractivity contribution in [2.24, 2.45) is 0 Å². The van der Waals surface area contributed by atoms with E-state index in [1.807, 2.05) is 6.92 Å². The Labute approximate surface area is 126 Å². The van der Waals surface area contributed by atoms with E-state index in [1.165, 1.54) is 12.8 Å². The monoisotopic (exact) mass is 292 g/mol. The summed E-state index contributed by atoms with van der Waals surface area (Å²) < 4.78 is 14.2. The zero-order valence-corrected chi connectivity index (χ0v) is 13.0. The number of nitrogens with one attached hydrogen (secondary N) is 1. The lowest BCUT2D eigenvalue weighted by atomic mass is 10.0. The fraction of sp³-hybridized carbons (Fsp3) is 0.588. The fourth-order valence-electron chi connectivity index (χ4n) is 2.87. The molecule has 1 saturated heterocycles. The van der Waals surface area contributed by atoms with Crippen molar-refractivity contribution in [3.63, 3.8) is 0 Å². The van der Waals surface area contributed by atoms with E-state index in [-0.39, 0.29) is 17.3 Å². The number of halogens is 1. The van der Waals surface area contributed by atoms with Crippen LogP contribution in [-0.2, 0) is 0 Å². The third kappa shape index (κ3) is 4.03. The van der Waals surface area contributed by atoms with E-state index in [1.54, 1.807) is 30.0 Å². The van der Waals surface area contributed by atoms with Gasteiger partial charge >= 0.3 is 0 Å². The van der Waals surface area contributed by atoms with Gasteiger partial charge in [-0.15, -0.1) is 0 Å². The maximum Gasteiger partial charge on any atom is 0.256 e. The van der Waals surface area contributed by atoms with Crippen molar-refractivity contribution in [2.45, 2.75) is 45.6 Å². The van der Waals surface area contributed by atoms with Gasteiger partial charge in [-0.3, -0.25) is 4.79 Å². The third-order valence-corrected chi connectivity index (χ3v) is 4.06. The van der Waals surface area contributed by atoms with Gasteiger partial charge in [0.25, 0.3) is 5.91 Å². The van der Waals surface area contributed by atoms with Crippen LogP contribution in [0.15, 0.2) is 18.2 Å². The normalized spacial score (nSPS) is 18.5. The summed E-state index contributed by atoms with van der Waals surface area (Å²) in [5, 5.41) is 3.45. The molecule has 116 valence electrons. The van der Waals surface area contributed by atoms with Crippen LogP contribution in [0.25, 0.3) is 0 Å². The topological polar surface area (TPSA) is 32.3 Å². The van der Waals surface area contributed by atoms with Crippen molar-refractivity contribution >= 4 is 5.91 Å². The Morgan fingerprint density at radius 2 is 2.24 bits per heavy atom. The van der Waals surface area contributed by atoms with Crippen molar-refractivity contribution in [3.05, 3.63) is 35.1 Å². The van der Waals surface area contributed by atoms with Crippen LogP contribution < -0.4 is 5.32 Å². The van der Waals surface area contributed by atoms with Crippen LogP contribution in [0.1, 0.15) is 48.5 Å². The molecule has 1 aliphatic rings. The van der Waals surface area contributed by atoms with Crippen LogP contribution in [0.5, 0.6) is 0 Å². The zero-order chi connectivity index (χ0) is 15.2. The minimum atomic E-state index is -0.389. The quantitative estimate of drug-likeness (QED) is 0.904. The summed E-state index contributed by atoms with van der Waals surface area (Å²) in [5.41, 5.74) is 0.715. The molecule has 1 amide bonds. The molecule has 0 spiro atoms. The molecule has 1 aromatic carbocycles. The summed E-state index contributed by atoms with van der Waals surface area (Å²) in [5.74, 6) is -0.578. The first-order valence-electron chi connectivity index (χ1n) is 7.91. The first-order chi connectivity index (χ1) is 10.1. The lowest BCUT2D eigenvalue weighted by molar-refractivity contribution is 0.0727. The van der Waals surface area contributed by atoms with Gasteiger partial charge in [0.2, 0.25) is 0 Å². The predicted molar refractivity (Wildman–Crippen MR) is 83.0 cm³/mol. The Balaban J connectivity index is 2.12. The molecule has 0 aliphatic carbocycles. The van der Waals surface area contributed by atoms with Crippen LogP contribution in [0.3, 0.4) is 0 Å². The second-order valence-electron chi connectivity index (χ2n) is 5.83. The first kappa shape index (κ1) is 16.0. The summed E-state index contributed by atoms with van der Waals surface area (Å²) in [6.45, 7) is 6.09. The van der Waals surface area contributed by atoms with Crippen molar-refractivity contribution in [1.29, 1.82) is 0 Å². The molecule has 21 heavy (non-hydrogen) atoms. The molecule has 1 N–H and O–H groups in total. The summed E-state index contributed by atoms with van der Waals surface area (Å²) >= 11 is 0. The van der Waals surface area contributed by atoms with Crippen molar-refractivity contribution in [1.82, 2.24) is 10.2 Å². The average molecular weight is 292 g/mol. The molecule has 1 aliphatic heterocycles. The highest BCUT2D eigenvalue weighted by molar-refractivity contribution is 5.94. The average Bonchev–Trinajstić information content (AvgIpc) is 2.50. The summed E-state index contributed by atoms with van der Waals surface area (Å²) in [6.07, 6.45) is 4.37. The Morgan fingerprint density at radius 3 is 2.90 bits per heavy atom. The molecule has 1 aromatic rings. The van der Waals surface area contributed by atoms with Gasteiger partial charge in [0.1, 0.15) is 5.82 Å². The zero-order valence-electron chi connectivity index (χ0n) is 13.0. The van der Waals surface area contributed by atoms with Crippen LogP contribution in [0, 0.1) is 12.7 Å². The number of carbonyl (C=O) groups is 1. The van der Waals surface area contributed by atoms with Gasteiger partial charge in [0, 0.05) is 19.1 Å². The maximum absolute atomic E-state index is 14.2. The smallest absolute Gasteiger partial charge is 0.256 e. The number of carbonyl (C=O) groups excluding carboxylic acids is 1. The van der Waals surface area contributed by atoms with Gasteiger partial charge in [-0.05, 0) is 44.4 Å². The molecule has 0 radical (unpaired) electrons. The standard InChI is InChI=1S/C17H25FN2O/c1-3-11-20(12-14-8-4-5-10-19-14)17(21)15-9-6-7-13(2)16(15)18/h6-7,9,14,19H,3-5,8,10-12H2,1-2H3. The highest BCUT2D eigenvalue weighted by Gasteiger charge is 2.23. The number of amides is 1. The van der Waals surface area contributed by atoms with Gasteiger partial charge in [-0.1, -0.05) is 25.5 Å². The number of rotatable bonds is 5. The van der Waals surface area contributed by atoms with Crippen LogP contribution in [0.4, 0.5) is 4.39 Å². The molecule has 0 aromatic heterocycles. The predicted octanol–water partition coefficient (Wildman–Crippen LogP) is 3.13. The molecular formula is C17H25FN2O. The Kier molecular flexibility index (Phi) is 5.74. The van der Waals surface area contributed by atoms with Crippen molar-refractivity contribution in [3.8, 4) is 0 Å². The van der Waals surface area contributed by atoms with E-state index in [0.29, 0.717) is 24.7 Å². The second kappa shape index (κ2) is 7.55. The van der Waals surface area contributed by atoms with E-state index >= 15 is 0 Å². The van der Waals surface area contributed by atoms with Crippen LogP contribution in [0.2, 0.25) is 0 Å². The molecule has 0 bridgehead atoms. The largest absolute Gasteiger partial charge is 0.337 e. The minimum absolute atomic E-state index is 0.189. The Bertz CT molecular complexity index is 484. The molecule has 1 heterocycles. The highest BCUT2D eigenvalue weighted by atomic mass is 19.1.